The first-order valence-electron chi connectivity index (χ1n) is 7.55. The fourth-order valence-corrected chi connectivity index (χ4v) is 3.23. The number of nitrogens with zero attached hydrogens (tertiary/aromatic N) is 3. The van der Waals surface area contributed by atoms with Crippen LogP contribution >= 0.6 is 11.8 Å². The van der Waals surface area contributed by atoms with E-state index in [0.29, 0.717) is 35.4 Å². The van der Waals surface area contributed by atoms with Crippen molar-refractivity contribution in [1.29, 1.82) is 5.39 Å². The van der Waals surface area contributed by atoms with Gasteiger partial charge in [-0.2, -0.15) is 0 Å². The minimum Gasteiger partial charge on any atom is -0.282 e. The molecule has 0 atom stereocenters. The van der Waals surface area contributed by atoms with Gasteiger partial charge in [0.15, 0.2) is 4.98 Å². The van der Waals surface area contributed by atoms with Gasteiger partial charge in [0.25, 0.3) is 5.69 Å². The smallest absolute Gasteiger partial charge is 0.282 e. The molecule has 126 valence electrons. The molecule has 6 nitrogen and oxygen atoms in total. The summed E-state index contributed by atoms with van der Waals surface area (Å²) in [4.78, 5) is 26.1. The van der Waals surface area contributed by atoms with E-state index < -0.39 is 4.92 Å². The molecule has 0 spiro atoms. The van der Waals surface area contributed by atoms with Crippen molar-refractivity contribution in [3.8, 4) is 0 Å². The van der Waals surface area contributed by atoms with Gasteiger partial charge in [0.1, 0.15) is 0 Å². The fourth-order valence-electron chi connectivity index (χ4n) is 2.37. The van der Waals surface area contributed by atoms with Crippen LogP contribution in [0.25, 0.3) is 4.98 Å². The van der Waals surface area contributed by atoms with Crippen molar-refractivity contribution in [2.45, 2.75) is 12.8 Å². The summed E-state index contributed by atoms with van der Waals surface area (Å²) in [6.07, 6.45) is 2.56. The second kappa shape index (κ2) is 8.76. The van der Waals surface area contributed by atoms with Crippen LogP contribution in [0.3, 0.4) is 0 Å². The second-order valence-electron chi connectivity index (χ2n) is 5.21. The molecule has 0 aliphatic carbocycles. The standard InChI is InChI=1S/C18H16N3O3S/c1-2-5-14-12-15(21(23)24)8-9-16(14)18(22)25-11-10-13-6-3-4-7-17(13)20-19/h2-4,6-9,12H,1,5,10-11H2/q+1. The lowest BCUT2D eigenvalue weighted by Gasteiger charge is -2.06. The van der Waals surface area contributed by atoms with E-state index in [4.69, 9.17) is 5.39 Å². The third-order valence-corrected chi connectivity index (χ3v) is 4.48. The highest BCUT2D eigenvalue weighted by atomic mass is 32.2. The molecule has 0 aliphatic rings. The van der Waals surface area contributed by atoms with Crippen molar-refractivity contribution in [2.24, 2.45) is 0 Å². The highest BCUT2D eigenvalue weighted by Crippen LogP contribution is 2.25. The average Bonchev–Trinajstić information content (AvgIpc) is 2.62. The quantitative estimate of drug-likeness (QED) is 0.305. The van der Waals surface area contributed by atoms with Crippen LogP contribution < -0.4 is 0 Å². The van der Waals surface area contributed by atoms with E-state index in [1.165, 1.54) is 18.2 Å². The monoisotopic (exact) mass is 354 g/mol. The van der Waals surface area contributed by atoms with Gasteiger partial charge in [-0.15, -0.1) is 6.58 Å². The van der Waals surface area contributed by atoms with E-state index >= 15 is 0 Å². The molecule has 0 fully saturated rings. The molecular weight excluding hydrogens is 338 g/mol. The molecule has 0 bridgehead atoms. The topological polar surface area (TPSA) is 88.4 Å². The van der Waals surface area contributed by atoms with Crippen molar-refractivity contribution in [3.05, 3.63) is 86.9 Å². The summed E-state index contributed by atoms with van der Waals surface area (Å²) in [6.45, 7) is 3.63. The zero-order valence-corrected chi connectivity index (χ0v) is 14.2. The Morgan fingerprint density at radius 3 is 2.72 bits per heavy atom. The summed E-state index contributed by atoms with van der Waals surface area (Å²) >= 11 is 1.13. The first-order valence-corrected chi connectivity index (χ1v) is 8.53. The Labute approximate surface area is 149 Å². The minimum absolute atomic E-state index is 0.0446. The highest BCUT2D eigenvalue weighted by molar-refractivity contribution is 8.14. The van der Waals surface area contributed by atoms with Gasteiger partial charge in [0.2, 0.25) is 10.5 Å². The summed E-state index contributed by atoms with van der Waals surface area (Å²) in [5, 5.41) is 19.7. The summed E-state index contributed by atoms with van der Waals surface area (Å²) < 4.78 is 0. The zero-order chi connectivity index (χ0) is 18.2. The molecule has 0 heterocycles. The number of non-ortho nitro benzene ring substituents is 1. The molecule has 2 rings (SSSR count). The van der Waals surface area contributed by atoms with E-state index in [0.717, 1.165) is 17.3 Å². The normalized spacial score (nSPS) is 10.0. The molecule has 0 amide bonds. The number of benzene rings is 2. The Morgan fingerprint density at radius 1 is 1.28 bits per heavy atom. The van der Waals surface area contributed by atoms with Gasteiger partial charge in [-0.05, 0) is 24.5 Å². The first kappa shape index (κ1) is 18.4. The molecule has 25 heavy (non-hydrogen) atoms. The molecule has 0 aliphatic heterocycles. The van der Waals surface area contributed by atoms with Gasteiger partial charge in [-0.1, -0.05) is 36.0 Å². The number of hydrogen-bond acceptors (Lipinski definition) is 5. The largest absolute Gasteiger partial charge is 0.388 e. The lowest BCUT2D eigenvalue weighted by molar-refractivity contribution is -0.384. The predicted octanol–water partition coefficient (Wildman–Crippen LogP) is 4.92. The van der Waals surface area contributed by atoms with Crippen LogP contribution in [0.2, 0.25) is 0 Å². The number of aryl methyl sites for hydroxylation is 1. The lowest BCUT2D eigenvalue weighted by Crippen LogP contribution is -2.03. The van der Waals surface area contributed by atoms with E-state index in [1.54, 1.807) is 18.2 Å². The molecular formula is C18H16N3O3S+. The number of hydrogen-bond donors (Lipinski definition) is 0. The summed E-state index contributed by atoms with van der Waals surface area (Å²) in [5.41, 5.74) is 2.33. The van der Waals surface area contributed by atoms with Crippen molar-refractivity contribution in [3.63, 3.8) is 0 Å². The minimum atomic E-state index is -0.483. The maximum atomic E-state index is 12.5. The van der Waals surface area contributed by atoms with Gasteiger partial charge in [0.05, 0.1) is 4.92 Å². The predicted molar refractivity (Wildman–Crippen MR) is 98.7 cm³/mol. The summed E-state index contributed by atoms with van der Waals surface area (Å²) in [6, 6.07) is 11.4. The van der Waals surface area contributed by atoms with E-state index in [-0.39, 0.29) is 10.8 Å². The van der Waals surface area contributed by atoms with E-state index in [1.807, 2.05) is 12.1 Å². The third kappa shape index (κ3) is 4.75. The third-order valence-electron chi connectivity index (χ3n) is 3.59. The Hall–Kier alpha value is -2.98. The Balaban J connectivity index is 2.09. The molecule has 0 saturated heterocycles. The van der Waals surface area contributed by atoms with Crippen LogP contribution in [-0.2, 0) is 12.8 Å². The number of nitro groups is 1. The maximum Gasteiger partial charge on any atom is 0.388 e. The van der Waals surface area contributed by atoms with Gasteiger partial charge in [-0.25, -0.2) is 0 Å². The number of carbonyl (C=O) groups is 1. The van der Waals surface area contributed by atoms with Crippen LogP contribution in [-0.4, -0.2) is 15.8 Å². The average molecular weight is 354 g/mol. The van der Waals surface area contributed by atoms with Crippen molar-refractivity contribution in [1.82, 2.24) is 0 Å². The second-order valence-corrected chi connectivity index (χ2v) is 6.27. The number of carbonyl (C=O) groups excluding carboxylic acids is 1. The number of nitro benzene ring substituents is 1. The number of allylic oxidation sites excluding steroid dienone is 1. The van der Waals surface area contributed by atoms with Crippen molar-refractivity contribution in [2.75, 3.05) is 5.75 Å². The Bertz CT molecular complexity index is 859. The summed E-state index contributed by atoms with van der Waals surface area (Å²) in [5.74, 6) is 0.510. The van der Waals surface area contributed by atoms with Crippen LogP contribution in [0.5, 0.6) is 0 Å². The lowest BCUT2D eigenvalue weighted by atomic mass is 10.0. The van der Waals surface area contributed by atoms with Crippen molar-refractivity contribution >= 4 is 28.3 Å². The molecule has 0 unspecified atom stereocenters. The summed E-state index contributed by atoms with van der Waals surface area (Å²) in [7, 11) is 0. The molecule has 2 aromatic carbocycles. The van der Waals surface area contributed by atoms with E-state index in [9.17, 15) is 14.9 Å². The number of rotatable bonds is 7. The Morgan fingerprint density at radius 2 is 2.04 bits per heavy atom. The molecule has 2 aromatic rings. The Kier molecular flexibility index (Phi) is 6.43. The highest BCUT2D eigenvalue weighted by Gasteiger charge is 2.17. The van der Waals surface area contributed by atoms with Gasteiger partial charge >= 0.3 is 5.69 Å². The maximum absolute atomic E-state index is 12.5. The van der Waals surface area contributed by atoms with Crippen LogP contribution in [0, 0.1) is 15.5 Å². The zero-order valence-electron chi connectivity index (χ0n) is 13.4. The van der Waals surface area contributed by atoms with Gasteiger partial charge in [0, 0.05) is 35.1 Å². The SMILES string of the molecule is C=CCc1cc([N+](=O)[O-])ccc1C(=O)SCCc1ccccc1[N+]#N. The fraction of sp³-hybridized carbons (Fsp3) is 0.167. The van der Waals surface area contributed by atoms with Crippen molar-refractivity contribution < 1.29 is 9.72 Å². The van der Waals surface area contributed by atoms with Gasteiger partial charge in [-0.3, -0.25) is 14.9 Å². The molecule has 7 heteroatoms. The van der Waals surface area contributed by atoms with E-state index in [2.05, 4.69) is 11.6 Å². The van der Waals surface area contributed by atoms with Crippen LogP contribution in [0.4, 0.5) is 11.4 Å². The number of diazo groups is 1. The first-order chi connectivity index (χ1) is 12.1. The van der Waals surface area contributed by atoms with Gasteiger partial charge < -0.3 is 0 Å². The molecule has 0 aromatic heterocycles. The van der Waals surface area contributed by atoms with Crippen LogP contribution in [0.1, 0.15) is 21.5 Å². The van der Waals surface area contributed by atoms with Crippen LogP contribution in [0.15, 0.2) is 55.1 Å². The molecule has 0 saturated carbocycles. The molecule has 0 radical (unpaired) electrons. The molecule has 0 N–H and O–H groups in total. The number of thioether (sulfide) groups is 1.